The lowest BCUT2D eigenvalue weighted by atomic mass is 9.87. The highest BCUT2D eigenvalue weighted by atomic mass is 35.5. The fourth-order valence-electron chi connectivity index (χ4n) is 3.96. The number of piperidine rings is 1. The lowest BCUT2D eigenvalue weighted by Gasteiger charge is -2.28. The van der Waals surface area contributed by atoms with E-state index in [1.165, 1.54) is 12.8 Å². The van der Waals surface area contributed by atoms with E-state index in [-0.39, 0.29) is 0 Å². The molecule has 116 valence electrons. The summed E-state index contributed by atoms with van der Waals surface area (Å²) in [5.74, 6) is 0.854. The SMILES string of the molecule is CCn1nc(C)c(Cl)c1CC(=O)CC1CC2CCC(C1)N2. The van der Waals surface area contributed by atoms with E-state index in [2.05, 4.69) is 10.4 Å². The molecule has 2 unspecified atom stereocenters. The maximum atomic E-state index is 12.4. The summed E-state index contributed by atoms with van der Waals surface area (Å²) < 4.78 is 1.86. The molecule has 1 aromatic rings. The zero-order valence-corrected chi connectivity index (χ0v) is 13.6. The molecule has 0 amide bonds. The van der Waals surface area contributed by atoms with E-state index in [9.17, 15) is 4.79 Å². The van der Waals surface area contributed by atoms with Gasteiger partial charge in [-0.25, -0.2) is 0 Å². The number of carbonyl (C=O) groups excluding carboxylic acids is 1. The van der Waals surface area contributed by atoms with Gasteiger partial charge in [0.2, 0.25) is 0 Å². The van der Waals surface area contributed by atoms with Gasteiger partial charge in [0.1, 0.15) is 5.78 Å². The molecule has 2 atom stereocenters. The van der Waals surface area contributed by atoms with Gasteiger partial charge in [-0.2, -0.15) is 5.10 Å². The summed E-state index contributed by atoms with van der Waals surface area (Å²) >= 11 is 6.29. The number of nitrogens with zero attached hydrogens (tertiary/aromatic N) is 2. The second-order valence-electron chi connectivity index (χ2n) is 6.56. The third kappa shape index (κ3) is 3.16. The van der Waals surface area contributed by atoms with Crippen LogP contribution >= 0.6 is 11.6 Å². The molecule has 0 radical (unpaired) electrons. The predicted molar refractivity (Wildman–Crippen MR) is 83.6 cm³/mol. The van der Waals surface area contributed by atoms with Gasteiger partial charge in [0, 0.05) is 31.5 Å². The van der Waals surface area contributed by atoms with Crippen LogP contribution in [0, 0.1) is 12.8 Å². The van der Waals surface area contributed by atoms with Gasteiger partial charge < -0.3 is 5.32 Å². The second kappa shape index (κ2) is 6.09. The van der Waals surface area contributed by atoms with Crippen molar-refractivity contribution >= 4 is 17.4 Å². The lowest BCUT2D eigenvalue weighted by molar-refractivity contribution is -0.119. The van der Waals surface area contributed by atoms with Gasteiger partial charge in [-0.3, -0.25) is 9.48 Å². The van der Waals surface area contributed by atoms with E-state index in [1.54, 1.807) is 0 Å². The molecule has 3 rings (SSSR count). The highest BCUT2D eigenvalue weighted by Gasteiger charge is 2.34. The average molecular weight is 310 g/mol. The molecule has 1 N–H and O–H groups in total. The van der Waals surface area contributed by atoms with Crippen LogP contribution in [0.2, 0.25) is 5.02 Å². The number of ketones is 1. The van der Waals surface area contributed by atoms with Gasteiger partial charge in [-0.1, -0.05) is 11.6 Å². The van der Waals surface area contributed by atoms with Crippen molar-refractivity contribution in [2.45, 2.75) is 71.0 Å². The van der Waals surface area contributed by atoms with E-state index in [0.717, 1.165) is 30.8 Å². The van der Waals surface area contributed by atoms with E-state index < -0.39 is 0 Å². The molecule has 0 aliphatic carbocycles. The number of aromatic nitrogens is 2. The van der Waals surface area contributed by atoms with Crippen molar-refractivity contribution in [3.8, 4) is 0 Å². The Kier molecular flexibility index (Phi) is 4.36. The number of aryl methyl sites for hydroxylation is 2. The molecule has 21 heavy (non-hydrogen) atoms. The molecule has 2 aliphatic rings. The number of hydrogen-bond donors (Lipinski definition) is 1. The Labute approximate surface area is 131 Å². The summed E-state index contributed by atoms with van der Waals surface area (Å²) in [6, 6.07) is 1.29. The Hall–Kier alpha value is -0.870. The van der Waals surface area contributed by atoms with Crippen LogP contribution in [0.4, 0.5) is 0 Å². The van der Waals surface area contributed by atoms with E-state index in [1.807, 2.05) is 18.5 Å². The summed E-state index contributed by atoms with van der Waals surface area (Å²) in [5.41, 5.74) is 1.71. The fourth-order valence-corrected chi connectivity index (χ4v) is 4.16. The highest BCUT2D eigenvalue weighted by molar-refractivity contribution is 6.32. The maximum absolute atomic E-state index is 12.4. The van der Waals surface area contributed by atoms with Gasteiger partial charge in [0.25, 0.3) is 0 Å². The molecule has 2 bridgehead atoms. The Morgan fingerprint density at radius 2 is 2.05 bits per heavy atom. The van der Waals surface area contributed by atoms with E-state index >= 15 is 0 Å². The van der Waals surface area contributed by atoms with Crippen molar-refractivity contribution in [3.05, 3.63) is 16.4 Å². The first kappa shape index (κ1) is 15.0. The standard InChI is InChI=1S/C16H24ClN3O/c1-3-20-15(16(17)10(2)19-20)9-14(21)8-11-6-12-4-5-13(7-11)18-12/h11-13,18H,3-9H2,1-2H3. The third-order valence-corrected chi connectivity index (χ3v) is 5.40. The van der Waals surface area contributed by atoms with Crippen LogP contribution in [-0.4, -0.2) is 27.6 Å². The van der Waals surface area contributed by atoms with Gasteiger partial charge in [-0.15, -0.1) is 0 Å². The van der Waals surface area contributed by atoms with Crippen molar-refractivity contribution in [1.82, 2.24) is 15.1 Å². The Bertz CT molecular complexity index is 528. The van der Waals surface area contributed by atoms with Crippen LogP contribution in [0.1, 0.15) is 50.4 Å². The quantitative estimate of drug-likeness (QED) is 0.909. The van der Waals surface area contributed by atoms with Crippen LogP contribution < -0.4 is 5.32 Å². The number of Topliss-reactive ketones (excluding diaryl/α,β-unsaturated/α-hetero) is 1. The molecule has 2 saturated heterocycles. The highest BCUT2D eigenvalue weighted by Crippen LogP contribution is 2.33. The van der Waals surface area contributed by atoms with Crippen LogP contribution in [0.15, 0.2) is 0 Å². The van der Waals surface area contributed by atoms with Crippen molar-refractivity contribution in [2.75, 3.05) is 0 Å². The number of carbonyl (C=O) groups is 1. The number of halogens is 1. The van der Waals surface area contributed by atoms with Gasteiger partial charge in [-0.05, 0) is 45.4 Å². The number of nitrogens with one attached hydrogen (secondary N) is 1. The first-order valence-corrected chi connectivity index (χ1v) is 8.44. The van der Waals surface area contributed by atoms with Gasteiger partial charge in [0.05, 0.1) is 16.4 Å². The topological polar surface area (TPSA) is 46.9 Å². The lowest BCUT2D eigenvalue weighted by Crippen LogP contribution is -2.38. The average Bonchev–Trinajstić information content (AvgIpc) is 2.92. The summed E-state index contributed by atoms with van der Waals surface area (Å²) in [6.45, 7) is 4.68. The molecule has 3 heterocycles. The number of fused-ring (bicyclic) bond motifs is 2. The molecule has 0 aromatic carbocycles. The van der Waals surface area contributed by atoms with Crippen molar-refractivity contribution in [3.63, 3.8) is 0 Å². The first-order valence-electron chi connectivity index (χ1n) is 8.06. The minimum Gasteiger partial charge on any atom is -0.311 e. The molecule has 4 nitrogen and oxygen atoms in total. The summed E-state index contributed by atoms with van der Waals surface area (Å²) in [5, 5.41) is 8.68. The minimum absolute atomic E-state index is 0.304. The summed E-state index contributed by atoms with van der Waals surface area (Å²) in [7, 11) is 0. The monoisotopic (exact) mass is 309 g/mol. The molecule has 2 fully saturated rings. The number of rotatable bonds is 5. The van der Waals surface area contributed by atoms with Gasteiger partial charge >= 0.3 is 0 Å². The first-order chi connectivity index (χ1) is 10.1. The van der Waals surface area contributed by atoms with E-state index in [0.29, 0.717) is 41.6 Å². The predicted octanol–water partition coefficient (Wildman–Crippen LogP) is 2.90. The molecule has 0 saturated carbocycles. The van der Waals surface area contributed by atoms with Crippen LogP contribution in [0.3, 0.4) is 0 Å². The number of hydrogen-bond acceptors (Lipinski definition) is 3. The fraction of sp³-hybridized carbons (Fsp3) is 0.750. The largest absolute Gasteiger partial charge is 0.311 e. The molecule has 0 spiro atoms. The van der Waals surface area contributed by atoms with Gasteiger partial charge in [0.15, 0.2) is 0 Å². The van der Waals surface area contributed by atoms with Crippen molar-refractivity contribution in [1.29, 1.82) is 0 Å². The maximum Gasteiger partial charge on any atom is 0.139 e. The van der Waals surface area contributed by atoms with Crippen LogP contribution in [0.25, 0.3) is 0 Å². The molecule has 5 heteroatoms. The summed E-state index contributed by atoms with van der Waals surface area (Å²) in [6.07, 6.45) is 5.99. The Morgan fingerprint density at radius 1 is 1.38 bits per heavy atom. The zero-order valence-electron chi connectivity index (χ0n) is 12.9. The molecule has 2 aliphatic heterocycles. The van der Waals surface area contributed by atoms with Crippen molar-refractivity contribution < 1.29 is 4.79 Å². The minimum atomic E-state index is 0.304. The third-order valence-electron chi connectivity index (χ3n) is 4.90. The molecular formula is C16H24ClN3O. The smallest absolute Gasteiger partial charge is 0.139 e. The van der Waals surface area contributed by atoms with Crippen LogP contribution in [-0.2, 0) is 17.8 Å². The Balaban J connectivity index is 1.62. The second-order valence-corrected chi connectivity index (χ2v) is 6.93. The Morgan fingerprint density at radius 3 is 2.67 bits per heavy atom. The molecular weight excluding hydrogens is 286 g/mol. The zero-order chi connectivity index (χ0) is 15.0. The van der Waals surface area contributed by atoms with E-state index in [4.69, 9.17) is 11.6 Å². The summed E-state index contributed by atoms with van der Waals surface area (Å²) in [4.78, 5) is 12.4. The molecule has 1 aromatic heterocycles. The van der Waals surface area contributed by atoms with Crippen molar-refractivity contribution in [2.24, 2.45) is 5.92 Å². The van der Waals surface area contributed by atoms with Crippen LogP contribution in [0.5, 0.6) is 0 Å². The normalized spacial score (nSPS) is 28.0.